The Labute approximate surface area is 169 Å². The maximum Gasteiger partial charge on any atom is 0.0237 e. The molecule has 0 spiro atoms. The second kappa shape index (κ2) is 12.2. The van der Waals surface area contributed by atoms with E-state index < -0.39 is 0 Å². The molecule has 27 heavy (non-hydrogen) atoms. The van der Waals surface area contributed by atoms with Crippen molar-refractivity contribution in [3.05, 3.63) is 71.8 Å². The summed E-state index contributed by atoms with van der Waals surface area (Å²) in [5.41, 5.74) is 2.87. The van der Waals surface area contributed by atoms with Crippen LogP contribution in [0.5, 0.6) is 0 Å². The number of rotatable bonds is 11. The number of nitrogens with zero attached hydrogens (tertiary/aromatic N) is 1. The minimum Gasteiger partial charge on any atom is -0.315 e. The molecule has 0 bridgehead atoms. The number of thioether (sulfide) groups is 1. The van der Waals surface area contributed by atoms with E-state index in [1.54, 1.807) is 0 Å². The van der Waals surface area contributed by atoms with Gasteiger partial charge in [-0.2, -0.15) is 11.8 Å². The molecule has 0 amide bonds. The van der Waals surface area contributed by atoms with Crippen molar-refractivity contribution in [3.63, 3.8) is 0 Å². The van der Waals surface area contributed by atoms with Crippen LogP contribution in [0, 0.1) is 0 Å². The van der Waals surface area contributed by atoms with Crippen molar-refractivity contribution >= 4 is 11.8 Å². The molecular formula is C24H34N2S. The van der Waals surface area contributed by atoms with E-state index >= 15 is 0 Å². The fraction of sp³-hybridized carbons (Fsp3) is 0.500. The number of benzene rings is 2. The van der Waals surface area contributed by atoms with Gasteiger partial charge in [0, 0.05) is 43.7 Å². The Morgan fingerprint density at radius 3 is 2.19 bits per heavy atom. The third-order valence-electron chi connectivity index (χ3n) is 5.43. The van der Waals surface area contributed by atoms with Crippen LogP contribution in [0.4, 0.5) is 0 Å². The molecular weight excluding hydrogens is 348 g/mol. The molecule has 0 atom stereocenters. The van der Waals surface area contributed by atoms with Crippen molar-refractivity contribution in [1.29, 1.82) is 0 Å². The summed E-state index contributed by atoms with van der Waals surface area (Å²) in [6, 6.07) is 22.5. The zero-order chi connectivity index (χ0) is 18.6. The topological polar surface area (TPSA) is 15.3 Å². The van der Waals surface area contributed by atoms with E-state index in [1.165, 1.54) is 49.0 Å². The highest BCUT2D eigenvalue weighted by Crippen LogP contribution is 2.23. The van der Waals surface area contributed by atoms with E-state index in [9.17, 15) is 0 Å². The Hall–Kier alpha value is -1.29. The maximum absolute atomic E-state index is 3.66. The predicted molar refractivity (Wildman–Crippen MR) is 119 cm³/mol. The van der Waals surface area contributed by atoms with Gasteiger partial charge in [0.2, 0.25) is 0 Å². The van der Waals surface area contributed by atoms with E-state index in [-0.39, 0.29) is 0 Å². The minimum absolute atomic E-state index is 0.771. The largest absolute Gasteiger partial charge is 0.315 e. The number of hydrogen-bond acceptors (Lipinski definition) is 3. The van der Waals surface area contributed by atoms with Crippen molar-refractivity contribution in [3.8, 4) is 0 Å². The molecule has 2 aromatic carbocycles. The van der Waals surface area contributed by atoms with E-state index in [0.29, 0.717) is 0 Å². The van der Waals surface area contributed by atoms with E-state index in [4.69, 9.17) is 0 Å². The molecule has 3 heteroatoms. The average Bonchev–Trinajstić information content (AvgIpc) is 2.74. The standard InChI is InChI=1S/C24H34N2S/c1-4-10-22(11-5-1)20-26(24-14-8-3-9-15-24)18-16-25-17-19-27-21-23-12-6-2-7-13-23/h1-2,4-7,10-13,24-25H,3,8-9,14-21H2. The minimum atomic E-state index is 0.771. The molecule has 1 saturated carbocycles. The zero-order valence-corrected chi connectivity index (χ0v) is 17.3. The molecule has 2 aromatic rings. The van der Waals surface area contributed by atoms with Crippen LogP contribution in [-0.2, 0) is 12.3 Å². The van der Waals surface area contributed by atoms with Crippen molar-refractivity contribution in [2.45, 2.75) is 50.4 Å². The summed E-state index contributed by atoms with van der Waals surface area (Å²) in [4.78, 5) is 2.72. The Morgan fingerprint density at radius 1 is 0.815 bits per heavy atom. The summed E-state index contributed by atoms with van der Waals surface area (Å²) < 4.78 is 0. The number of hydrogen-bond donors (Lipinski definition) is 1. The molecule has 0 saturated heterocycles. The van der Waals surface area contributed by atoms with Gasteiger partial charge in [-0.15, -0.1) is 0 Å². The van der Waals surface area contributed by atoms with Crippen LogP contribution in [0.1, 0.15) is 43.2 Å². The zero-order valence-electron chi connectivity index (χ0n) is 16.5. The van der Waals surface area contributed by atoms with Gasteiger partial charge in [0.05, 0.1) is 0 Å². The summed E-state index contributed by atoms with van der Waals surface area (Å²) in [6.45, 7) is 4.44. The van der Waals surface area contributed by atoms with Gasteiger partial charge in [0.25, 0.3) is 0 Å². The summed E-state index contributed by atoms with van der Waals surface area (Å²) in [5, 5.41) is 3.66. The molecule has 146 valence electrons. The quantitative estimate of drug-likeness (QED) is 0.528. The van der Waals surface area contributed by atoms with Crippen LogP contribution in [0.25, 0.3) is 0 Å². The molecule has 0 heterocycles. The van der Waals surface area contributed by atoms with Gasteiger partial charge in [0.15, 0.2) is 0 Å². The summed E-state index contributed by atoms with van der Waals surface area (Å²) in [6.07, 6.45) is 6.98. The molecule has 0 aromatic heterocycles. The van der Waals surface area contributed by atoms with E-state index in [1.807, 2.05) is 11.8 Å². The van der Waals surface area contributed by atoms with E-state index in [2.05, 4.69) is 70.9 Å². The highest BCUT2D eigenvalue weighted by atomic mass is 32.2. The van der Waals surface area contributed by atoms with Crippen LogP contribution < -0.4 is 5.32 Å². The summed E-state index contributed by atoms with van der Waals surface area (Å²) >= 11 is 2.02. The van der Waals surface area contributed by atoms with Crippen LogP contribution in [0.3, 0.4) is 0 Å². The predicted octanol–water partition coefficient (Wildman–Crippen LogP) is 5.34. The SMILES string of the molecule is c1ccc(CSCCNCCN(Cc2ccccc2)C2CCCCC2)cc1. The second-order valence-electron chi connectivity index (χ2n) is 7.54. The molecule has 0 radical (unpaired) electrons. The van der Waals surface area contributed by atoms with Crippen molar-refractivity contribution in [1.82, 2.24) is 10.2 Å². The molecule has 1 aliphatic rings. The van der Waals surface area contributed by atoms with E-state index in [0.717, 1.165) is 38.0 Å². The highest BCUT2D eigenvalue weighted by molar-refractivity contribution is 7.98. The van der Waals surface area contributed by atoms with Crippen LogP contribution in [-0.4, -0.2) is 36.3 Å². The Morgan fingerprint density at radius 2 is 1.48 bits per heavy atom. The van der Waals surface area contributed by atoms with Gasteiger partial charge in [-0.3, -0.25) is 4.90 Å². The first kappa shape index (κ1) is 20.4. The smallest absolute Gasteiger partial charge is 0.0237 e. The Kier molecular flexibility index (Phi) is 9.26. The summed E-state index contributed by atoms with van der Waals surface area (Å²) in [5.74, 6) is 2.29. The third-order valence-corrected chi connectivity index (χ3v) is 6.46. The molecule has 2 nitrogen and oxygen atoms in total. The Bertz CT molecular complexity index is 611. The normalized spacial score (nSPS) is 15.3. The van der Waals surface area contributed by atoms with Gasteiger partial charge in [-0.25, -0.2) is 0 Å². The lowest BCUT2D eigenvalue weighted by atomic mass is 9.94. The van der Waals surface area contributed by atoms with Crippen molar-refractivity contribution in [2.24, 2.45) is 0 Å². The maximum atomic E-state index is 3.66. The van der Waals surface area contributed by atoms with Crippen LogP contribution >= 0.6 is 11.8 Å². The second-order valence-corrected chi connectivity index (χ2v) is 8.64. The first-order valence-electron chi connectivity index (χ1n) is 10.5. The van der Waals surface area contributed by atoms with Gasteiger partial charge < -0.3 is 5.32 Å². The lowest BCUT2D eigenvalue weighted by Gasteiger charge is -2.34. The monoisotopic (exact) mass is 382 g/mol. The number of nitrogens with one attached hydrogen (secondary N) is 1. The lowest BCUT2D eigenvalue weighted by Crippen LogP contribution is -2.40. The fourth-order valence-corrected chi connectivity index (χ4v) is 4.77. The van der Waals surface area contributed by atoms with Crippen LogP contribution in [0.15, 0.2) is 60.7 Å². The molecule has 0 aliphatic heterocycles. The molecule has 3 rings (SSSR count). The first-order chi connectivity index (χ1) is 13.4. The molecule has 0 unspecified atom stereocenters. The van der Waals surface area contributed by atoms with Gasteiger partial charge >= 0.3 is 0 Å². The third kappa shape index (κ3) is 7.69. The van der Waals surface area contributed by atoms with Crippen molar-refractivity contribution < 1.29 is 0 Å². The lowest BCUT2D eigenvalue weighted by molar-refractivity contribution is 0.149. The van der Waals surface area contributed by atoms with Gasteiger partial charge in [0.1, 0.15) is 0 Å². The van der Waals surface area contributed by atoms with Gasteiger partial charge in [-0.05, 0) is 24.0 Å². The molecule has 1 fully saturated rings. The average molecular weight is 383 g/mol. The summed E-state index contributed by atoms with van der Waals surface area (Å²) in [7, 11) is 0. The Balaban J connectivity index is 1.35. The van der Waals surface area contributed by atoms with Crippen LogP contribution in [0.2, 0.25) is 0 Å². The first-order valence-corrected chi connectivity index (χ1v) is 11.7. The van der Waals surface area contributed by atoms with Gasteiger partial charge in [-0.1, -0.05) is 79.9 Å². The fourth-order valence-electron chi connectivity index (χ4n) is 3.91. The molecule has 1 aliphatic carbocycles. The highest BCUT2D eigenvalue weighted by Gasteiger charge is 2.20. The molecule has 1 N–H and O–H groups in total. The van der Waals surface area contributed by atoms with Crippen molar-refractivity contribution in [2.75, 3.05) is 25.4 Å².